The Morgan fingerprint density at radius 1 is 1.34 bits per heavy atom. The Morgan fingerprint density at radius 3 is 2.63 bits per heavy atom. The van der Waals surface area contributed by atoms with E-state index < -0.39 is 39.4 Å². The predicted octanol–water partition coefficient (Wildman–Crippen LogP) is 3.79. The first kappa shape index (κ1) is 25.2. The van der Waals surface area contributed by atoms with Crippen molar-refractivity contribution < 1.29 is 22.2 Å². The summed E-state index contributed by atoms with van der Waals surface area (Å²) in [4.78, 5) is 14.8. The molecule has 1 amide bonds. The molecule has 1 saturated carbocycles. The molecule has 0 radical (unpaired) electrons. The largest absolute Gasteiger partial charge is 0.417 e. The highest BCUT2D eigenvalue weighted by Gasteiger charge is 2.49. The summed E-state index contributed by atoms with van der Waals surface area (Å²) in [5, 5.41) is 16.1. The number of nitrogens with zero attached hydrogens (tertiary/aromatic N) is 4. The molecule has 1 aliphatic heterocycles. The van der Waals surface area contributed by atoms with Gasteiger partial charge in [-0.1, -0.05) is 26.0 Å². The van der Waals surface area contributed by atoms with Crippen molar-refractivity contribution in [2.75, 3.05) is 11.4 Å². The Kier molecular flexibility index (Phi) is 6.70. The van der Waals surface area contributed by atoms with Crippen molar-refractivity contribution in [2.24, 2.45) is 5.92 Å². The van der Waals surface area contributed by atoms with Crippen molar-refractivity contribution in [3.8, 4) is 6.07 Å². The van der Waals surface area contributed by atoms with Gasteiger partial charge in [-0.3, -0.25) is 9.00 Å². The van der Waals surface area contributed by atoms with Crippen LogP contribution < -0.4 is 10.2 Å². The molecule has 1 saturated heterocycles. The minimum atomic E-state index is -4.64. The van der Waals surface area contributed by atoms with Gasteiger partial charge in [0.05, 0.1) is 38.3 Å². The highest BCUT2D eigenvalue weighted by atomic mass is 32.2. The number of rotatable bonds is 7. The van der Waals surface area contributed by atoms with Crippen LogP contribution >= 0.6 is 0 Å². The third-order valence-electron chi connectivity index (χ3n) is 6.32. The van der Waals surface area contributed by atoms with Crippen LogP contribution in [-0.2, 0) is 28.3 Å². The summed E-state index contributed by atoms with van der Waals surface area (Å²) in [6.07, 6.45) is -3.43. The zero-order valence-corrected chi connectivity index (χ0v) is 20.6. The molecular formula is C24H28F3N5O2S. The van der Waals surface area contributed by atoms with Crippen molar-refractivity contribution in [1.82, 2.24) is 15.1 Å². The van der Waals surface area contributed by atoms with Crippen LogP contribution in [0.2, 0.25) is 0 Å². The molecule has 2 fully saturated rings. The molecule has 0 bridgehead atoms. The lowest BCUT2D eigenvalue weighted by Gasteiger charge is -2.27. The number of aryl methyl sites for hydroxylation is 1. The number of alkyl halides is 3. The maximum atomic E-state index is 13.6. The average Bonchev–Trinajstić information content (AvgIpc) is 3.26. The van der Waals surface area contributed by atoms with E-state index in [4.69, 9.17) is 0 Å². The van der Waals surface area contributed by atoms with Crippen LogP contribution in [0.3, 0.4) is 0 Å². The number of anilines is 1. The van der Waals surface area contributed by atoms with Gasteiger partial charge in [0.15, 0.2) is 0 Å². The van der Waals surface area contributed by atoms with Gasteiger partial charge in [0.2, 0.25) is 5.91 Å². The summed E-state index contributed by atoms with van der Waals surface area (Å²) < 4.78 is 56.0. The van der Waals surface area contributed by atoms with Gasteiger partial charge in [0.25, 0.3) is 0 Å². The molecule has 0 spiro atoms. The summed E-state index contributed by atoms with van der Waals surface area (Å²) in [6.45, 7) is 6.60. The minimum Gasteiger partial charge on any atom is -0.344 e. The molecule has 4 rings (SSSR count). The topological polar surface area (TPSA) is 91.0 Å². The van der Waals surface area contributed by atoms with Crippen LogP contribution in [-0.4, -0.2) is 43.3 Å². The summed E-state index contributed by atoms with van der Waals surface area (Å²) >= 11 is 0. The van der Waals surface area contributed by atoms with E-state index in [1.165, 1.54) is 18.2 Å². The van der Waals surface area contributed by atoms with Crippen molar-refractivity contribution in [2.45, 2.75) is 74.5 Å². The molecule has 1 aliphatic carbocycles. The number of nitriles is 1. The van der Waals surface area contributed by atoms with Gasteiger partial charge in [-0.15, -0.1) is 0 Å². The van der Waals surface area contributed by atoms with Crippen LogP contribution in [0.4, 0.5) is 19.0 Å². The molecule has 188 valence electrons. The van der Waals surface area contributed by atoms with Crippen LogP contribution in [0.1, 0.15) is 44.4 Å². The van der Waals surface area contributed by atoms with Gasteiger partial charge >= 0.3 is 6.18 Å². The average molecular weight is 508 g/mol. The fourth-order valence-corrected chi connectivity index (χ4v) is 6.09. The number of carbonyl (C=O) groups excluding carboxylic acids is 1. The fourth-order valence-electron chi connectivity index (χ4n) is 4.46. The second-order valence-electron chi connectivity index (χ2n) is 9.72. The van der Waals surface area contributed by atoms with Gasteiger partial charge < -0.3 is 10.2 Å². The predicted molar refractivity (Wildman–Crippen MR) is 125 cm³/mol. The molecule has 2 aliphatic rings. The standard InChI is InChI=1S/C24H28F3N5O2S/c1-15(2)12-32-21(10-16(3)30-32)31-13-17(11-19(31)22(33)29-23(14-28)8-9-23)35(34)20-7-5-4-6-18(20)24(25,26)27/h4-7,10,15,17,19H,8-9,11-13H2,1-3H3,(H,29,33). The van der Waals surface area contributed by atoms with Crippen LogP contribution in [0.15, 0.2) is 35.2 Å². The zero-order chi connectivity index (χ0) is 25.5. The number of amides is 1. The molecule has 1 aromatic heterocycles. The Morgan fingerprint density at radius 2 is 2.03 bits per heavy atom. The molecule has 1 aromatic carbocycles. The molecule has 2 aromatic rings. The Hall–Kier alpha value is -2.87. The lowest BCUT2D eigenvalue weighted by molar-refractivity contribution is -0.139. The van der Waals surface area contributed by atoms with Gasteiger partial charge in [0, 0.05) is 19.2 Å². The van der Waals surface area contributed by atoms with Crippen LogP contribution in [0.5, 0.6) is 0 Å². The van der Waals surface area contributed by atoms with E-state index >= 15 is 0 Å². The molecule has 3 unspecified atom stereocenters. The molecule has 35 heavy (non-hydrogen) atoms. The van der Waals surface area contributed by atoms with E-state index in [2.05, 4.69) is 16.5 Å². The Bertz CT molecular complexity index is 1180. The van der Waals surface area contributed by atoms with E-state index in [1.54, 1.807) is 9.58 Å². The first-order valence-electron chi connectivity index (χ1n) is 11.6. The third-order valence-corrected chi connectivity index (χ3v) is 8.05. The third kappa shape index (κ3) is 5.22. The van der Waals surface area contributed by atoms with Crippen molar-refractivity contribution in [1.29, 1.82) is 5.26 Å². The fraction of sp³-hybridized carbons (Fsp3) is 0.542. The van der Waals surface area contributed by atoms with Crippen molar-refractivity contribution in [3.63, 3.8) is 0 Å². The maximum absolute atomic E-state index is 13.6. The van der Waals surface area contributed by atoms with Gasteiger partial charge in [-0.25, -0.2) is 4.68 Å². The smallest absolute Gasteiger partial charge is 0.344 e. The molecule has 11 heteroatoms. The number of aromatic nitrogens is 2. The maximum Gasteiger partial charge on any atom is 0.417 e. The summed E-state index contributed by atoms with van der Waals surface area (Å²) in [5.41, 5.74) is -1.08. The highest BCUT2D eigenvalue weighted by Crippen LogP contribution is 2.38. The van der Waals surface area contributed by atoms with Gasteiger partial charge in [-0.05, 0) is 44.2 Å². The van der Waals surface area contributed by atoms with Gasteiger partial charge in [-0.2, -0.15) is 23.5 Å². The van der Waals surface area contributed by atoms with E-state index in [1.807, 2.05) is 26.8 Å². The molecular weight excluding hydrogens is 479 g/mol. The highest BCUT2D eigenvalue weighted by molar-refractivity contribution is 7.85. The number of hydrogen-bond acceptors (Lipinski definition) is 5. The number of hydrogen-bond donors (Lipinski definition) is 1. The first-order valence-corrected chi connectivity index (χ1v) is 12.8. The van der Waals surface area contributed by atoms with E-state index in [-0.39, 0.29) is 29.7 Å². The van der Waals surface area contributed by atoms with E-state index in [0.717, 1.165) is 11.8 Å². The zero-order valence-electron chi connectivity index (χ0n) is 19.8. The minimum absolute atomic E-state index is 0.0953. The normalized spacial score (nSPS) is 22.2. The summed E-state index contributed by atoms with van der Waals surface area (Å²) in [5.74, 6) is 0.532. The molecule has 2 heterocycles. The number of halogens is 3. The number of carbonyl (C=O) groups is 1. The van der Waals surface area contributed by atoms with Crippen LogP contribution in [0, 0.1) is 24.2 Å². The Labute approximate surface area is 204 Å². The monoisotopic (exact) mass is 507 g/mol. The number of nitrogens with one attached hydrogen (secondary N) is 1. The first-order chi connectivity index (χ1) is 16.4. The lowest BCUT2D eigenvalue weighted by Crippen LogP contribution is -2.48. The van der Waals surface area contributed by atoms with E-state index in [0.29, 0.717) is 25.2 Å². The van der Waals surface area contributed by atoms with Crippen molar-refractivity contribution in [3.05, 3.63) is 41.6 Å². The van der Waals surface area contributed by atoms with E-state index in [9.17, 15) is 27.4 Å². The number of benzene rings is 1. The summed E-state index contributed by atoms with van der Waals surface area (Å²) in [7, 11) is -2.00. The quantitative estimate of drug-likeness (QED) is 0.616. The van der Waals surface area contributed by atoms with Gasteiger partial charge in [0.1, 0.15) is 17.4 Å². The SMILES string of the molecule is Cc1cc(N2CC(S(=O)c3ccccc3C(F)(F)F)CC2C(=O)NC2(C#N)CC2)n(CC(C)C)n1. The van der Waals surface area contributed by atoms with Crippen LogP contribution in [0.25, 0.3) is 0 Å². The Balaban J connectivity index is 1.68. The molecule has 1 N–H and O–H groups in total. The molecule has 7 nitrogen and oxygen atoms in total. The van der Waals surface area contributed by atoms with Crippen molar-refractivity contribution >= 4 is 22.5 Å². The molecule has 3 atom stereocenters. The summed E-state index contributed by atoms with van der Waals surface area (Å²) in [6, 6.07) is 8.04. The second kappa shape index (κ2) is 9.30. The second-order valence-corrected chi connectivity index (χ2v) is 11.4. The lowest BCUT2D eigenvalue weighted by atomic mass is 10.1.